The zero-order valence-electron chi connectivity index (χ0n) is 20.1. The molecule has 1 atom stereocenters. The second-order valence-electron chi connectivity index (χ2n) is 8.66. The number of ether oxygens (including phenoxy) is 1. The van der Waals surface area contributed by atoms with Gasteiger partial charge in [-0.05, 0) is 35.4 Å². The second kappa shape index (κ2) is 10.4. The van der Waals surface area contributed by atoms with Crippen LogP contribution < -0.4 is 9.64 Å². The number of benzene rings is 4. The highest BCUT2D eigenvalue weighted by Gasteiger charge is 2.47. The molecule has 8 heteroatoms. The van der Waals surface area contributed by atoms with Crippen molar-refractivity contribution in [1.82, 2.24) is 0 Å². The van der Waals surface area contributed by atoms with E-state index in [-0.39, 0.29) is 16.8 Å². The molecule has 8 nitrogen and oxygen atoms in total. The number of para-hydroxylation sites is 1. The number of non-ortho nitro benzene ring substituents is 1. The van der Waals surface area contributed by atoms with Gasteiger partial charge in [0.2, 0.25) is 0 Å². The third-order valence-electron chi connectivity index (χ3n) is 6.23. The van der Waals surface area contributed by atoms with Gasteiger partial charge in [0, 0.05) is 23.4 Å². The molecular weight excluding hydrogens is 484 g/mol. The second-order valence-corrected chi connectivity index (χ2v) is 8.66. The first-order valence-corrected chi connectivity index (χ1v) is 11.8. The van der Waals surface area contributed by atoms with Crippen LogP contribution in [0.25, 0.3) is 5.76 Å². The van der Waals surface area contributed by atoms with E-state index in [4.69, 9.17) is 4.74 Å². The number of hydrogen-bond donors (Lipinski definition) is 1. The van der Waals surface area contributed by atoms with Gasteiger partial charge in [-0.25, -0.2) is 0 Å². The largest absolute Gasteiger partial charge is 0.507 e. The SMILES string of the molecule is O=C1C(=O)N(c2ccccc2)C(c2cccc(OCc3ccccc3)c2)/C1=C(/O)c1cccc([N+](=O)[O-])c1. The molecule has 4 aromatic rings. The van der Waals surface area contributed by atoms with Crippen LogP contribution in [0.4, 0.5) is 11.4 Å². The smallest absolute Gasteiger partial charge is 0.300 e. The van der Waals surface area contributed by atoms with E-state index in [9.17, 15) is 24.8 Å². The Kier molecular flexibility index (Phi) is 6.69. The van der Waals surface area contributed by atoms with Gasteiger partial charge in [-0.15, -0.1) is 0 Å². The Morgan fingerprint density at radius 3 is 2.26 bits per heavy atom. The molecule has 0 spiro atoms. The van der Waals surface area contributed by atoms with Crippen molar-refractivity contribution in [2.45, 2.75) is 12.6 Å². The standard InChI is InChI=1S/C30H22N2O6/c33-28(22-12-7-15-24(17-22)32(36)37)26-27(31(30(35)29(26)34)23-13-5-2-6-14-23)21-11-8-16-25(18-21)38-19-20-9-3-1-4-10-20/h1-18,27,33H,19H2/b28-26-. The lowest BCUT2D eigenvalue weighted by atomic mass is 9.95. The van der Waals surface area contributed by atoms with Gasteiger partial charge in [0.25, 0.3) is 17.4 Å². The maximum Gasteiger partial charge on any atom is 0.300 e. The van der Waals surface area contributed by atoms with Crippen LogP contribution in [0.15, 0.2) is 115 Å². The Labute approximate surface area is 218 Å². The number of carbonyl (C=O) groups is 2. The zero-order valence-corrected chi connectivity index (χ0v) is 20.1. The average molecular weight is 507 g/mol. The summed E-state index contributed by atoms with van der Waals surface area (Å²) in [5.41, 5.74) is 1.61. The topological polar surface area (TPSA) is 110 Å². The lowest BCUT2D eigenvalue weighted by Crippen LogP contribution is -2.29. The Morgan fingerprint density at radius 2 is 1.55 bits per heavy atom. The number of anilines is 1. The lowest BCUT2D eigenvalue weighted by molar-refractivity contribution is -0.384. The van der Waals surface area contributed by atoms with Crippen LogP contribution in [-0.4, -0.2) is 21.7 Å². The van der Waals surface area contributed by atoms with Crippen LogP contribution in [-0.2, 0) is 16.2 Å². The number of nitrogens with zero attached hydrogens (tertiary/aromatic N) is 2. The van der Waals surface area contributed by atoms with E-state index >= 15 is 0 Å². The maximum atomic E-state index is 13.3. The molecule has 1 aliphatic heterocycles. The van der Waals surface area contributed by atoms with Crippen molar-refractivity contribution in [3.63, 3.8) is 0 Å². The minimum absolute atomic E-state index is 0.0618. The number of rotatable bonds is 7. The summed E-state index contributed by atoms with van der Waals surface area (Å²) in [7, 11) is 0. The summed E-state index contributed by atoms with van der Waals surface area (Å²) in [4.78, 5) is 38.7. The number of Topliss-reactive ketones (excluding diaryl/α,β-unsaturated/α-hetero) is 1. The van der Waals surface area contributed by atoms with Crippen molar-refractivity contribution < 1.29 is 24.4 Å². The molecule has 5 rings (SSSR count). The van der Waals surface area contributed by atoms with Crippen LogP contribution >= 0.6 is 0 Å². The first-order chi connectivity index (χ1) is 18.4. The summed E-state index contributed by atoms with van der Waals surface area (Å²) in [5.74, 6) is -1.69. The highest BCUT2D eigenvalue weighted by Crippen LogP contribution is 2.43. The molecule has 1 N–H and O–H groups in total. The van der Waals surface area contributed by atoms with Gasteiger partial charge in [0.05, 0.1) is 16.5 Å². The van der Waals surface area contributed by atoms with E-state index in [1.54, 1.807) is 54.6 Å². The number of hydrogen-bond acceptors (Lipinski definition) is 6. The fourth-order valence-electron chi connectivity index (χ4n) is 4.44. The molecule has 0 aromatic heterocycles. The van der Waals surface area contributed by atoms with Gasteiger partial charge in [0.1, 0.15) is 18.1 Å². The van der Waals surface area contributed by atoms with Crippen LogP contribution in [0.2, 0.25) is 0 Å². The van der Waals surface area contributed by atoms with E-state index in [1.807, 2.05) is 30.3 Å². The van der Waals surface area contributed by atoms with Crippen molar-refractivity contribution in [3.8, 4) is 5.75 Å². The maximum absolute atomic E-state index is 13.3. The Balaban J connectivity index is 1.62. The van der Waals surface area contributed by atoms with Crippen molar-refractivity contribution in [2.24, 2.45) is 0 Å². The van der Waals surface area contributed by atoms with E-state index in [2.05, 4.69) is 0 Å². The first kappa shape index (κ1) is 24.5. The van der Waals surface area contributed by atoms with E-state index in [0.29, 0.717) is 23.6 Å². The van der Waals surface area contributed by atoms with Crippen molar-refractivity contribution in [3.05, 3.63) is 142 Å². The van der Waals surface area contributed by atoms with Gasteiger partial charge in [-0.3, -0.25) is 24.6 Å². The van der Waals surface area contributed by atoms with E-state index in [0.717, 1.165) is 5.56 Å². The quantitative estimate of drug-likeness (QED) is 0.112. The molecule has 38 heavy (non-hydrogen) atoms. The van der Waals surface area contributed by atoms with Crippen LogP contribution in [0.1, 0.15) is 22.7 Å². The molecule has 188 valence electrons. The van der Waals surface area contributed by atoms with Crippen LogP contribution in [0.3, 0.4) is 0 Å². The first-order valence-electron chi connectivity index (χ1n) is 11.8. The molecule has 1 saturated heterocycles. The molecule has 0 radical (unpaired) electrons. The summed E-state index contributed by atoms with van der Waals surface area (Å²) in [6.07, 6.45) is 0. The third kappa shape index (κ3) is 4.75. The van der Waals surface area contributed by atoms with Gasteiger partial charge in [-0.1, -0.05) is 72.8 Å². The van der Waals surface area contributed by atoms with Gasteiger partial charge in [0.15, 0.2) is 0 Å². The third-order valence-corrected chi connectivity index (χ3v) is 6.23. The molecule has 0 aliphatic carbocycles. The van der Waals surface area contributed by atoms with Crippen LogP contribution in [0, 0.1) is 10.1 Å². The van der Waals surface area contributed by atoms with Gasteiger partial charge >= 0.3 is 0 Å². The summed E-state index contributed by atoms with van der Waals surface area (Å²) in [6.45, 7) is 0.316. The number of amides is 1. The van der Waals surface area contributed by atoms with E-state index < -0.39 is 28.4 Å². The highest BCUT2D eigenvalue weighted by molar-refractivity contribution is 6.51. The predicted octanol–water partition coefficient (Wildman–Crippen LogP) is 5.80. The molecule has 4 aromatic carbocycles. The zero-order chi connectivity index (χ0) is 26.6. The molecular formula is C30H22N2O6. The Hall–Kier alpha value is -5.24. The van der Waals surface area contributed by atoms with Crippen molar-refractivity contribution >= 4 is 28.8 Å². The summed E-state index contributed by atoms with van der Waals surface area (Å²) in [5, 5.41) is 22.6. The normalized spacial score (nSPS) is 16.4. The Bertz CT molecular complexity index is 1550. The number of nitro groups is 1. The molecule has 1 heterocycles. The fourth-order valence-corrected chi connectivity index (χ4v) is 4.44. The molecule has 1 unspecified atom stereocenters. The van der Waals surface area contributed by atoms with Crippen molar-refractivity contribution in [1.29, 1.82) is 0 Å². The molecule has 1 fully saturated rings. The highest BCUT2D eigenvalue weighted by atomic mass is 16.6. The minimum atomic E-state index is -0.989. The molecule has 0 bridgehead atoms. The van der Waals surface area contributed by atoms with Crippen molar-refractivity contribution in [2.75, 3.05) is 4.90 Å². The summed E-state index contributed by atoms with van der Waals surface area (Å²) in [6, 6.07) is 29.6. The average Bonchev–Trinajstić information content (AvgIpc) is 3.22. The number of nitro benzene ring substituents is 1. The molecule has 0 saturated carbocycles. The van der Waals surface area contributed by atoms with Gasteiger partial charge in [-0.2, -0.15) is 0 Å². The summed E-state index contributed by atoms with van der Waals surface area (Å²) >= 11 is 0. The van der Waals surface area contributed by atoms with E-state index in [1.165, 1.54) is 29.2 Å². The predicted molar refractivity (Wildman–Crippen MR) is 142 cm³/mol. The summed E-state index contributed by atoms with van der Waals surface area (Å²) < 4.78 is 5.97. The van der Waals surface area contributed by atoms with Crippen LogP contribution in [0.5, 0.6) is 5.75 Å². The molecule has 1 aliphatic rings. The minimum Gasteiger partial charge on any atom is -0.507 e. The number of aliphatic hydroxyl groups excluding tert-OH is 1. The lowest BCUT2D eigenvalue weighted by Gasteiger charge is -2.25. The molecule has 1 amide bonds. The Morgan fingerprint density at radius 1 is 0.868 bits per heavy atom. The monoisotopic (exact) mass is 506 g/mol. The van der Waals surface area contributed by atoms with Gasteiger partial charge < -0.3 is 9.84 Å². The fraction of sp³-hybridized carbons (Fsp3) is 0.0667. The number of carbonyl (C=O) groups excluding carboxylic acids is 2. The number of ketones is 1. The number of aliphatic hydroxyl groups is 1.